The number of aryl methyl sites for hydroxylation is 1. The highest BCUT2D eigenvalue weighted by Gasteiger charge is 2.36. The van der Waals surface area contributed by atoms with Crippen molar-refractivity contribution in [1.29, 1.82) is 0 Å². The monoisotopic (exact) mass is 788 g/mol. The lowest BCUT2D eigenvalue weighted by atomic mass is 9.74. The molecule has 0 spiro atoms. The van der Waals surface area contributed by atoms with Crippen molar-refractivity contribution in [3.63, 3.8) is 0 Å². The molecule has 10 rings (SSSR count). The summed E-state index contributed by atoms with van der Waals surface area (Å²) in [7, 11) is -1.90. The average Bonchev–Trinajstić information content (AvgIpc) is 3.29. The molecule has 2 heteroatoms. The van der Waals surface area contributed by atoms with Gasteiger partial charge in [-0.05, 0) is 107 Å². The molecular formula is C57H44SSi. The normalized spacial score (nSPS) is 12.7. The first-order valence-electron chi connectivity index (χ1n) is 20.5. The molecule has 0 aliphatic carbocycles. The molecule has 9 aromatic carbocycles. The zero-order valence-electron chi connectivity index (χ0n) is 33.6. The van der Waals surface area contributed by atoms with Crippen molar-refractivity contribution >= 4 is 30.2 Å². The maximum atomic E-state index is 2.51. The van der Waals surface area contributed by atoms with Crippen LogP contribution in [0.4, 0.5) is 0 Å². The minimum absolute atomic E-state index is 1.19. The maximum absolute atomic E-state index is 2.51. The van der Waals surface area contributed by atoms with Gasteiger partial charge in [-0.1, -0.05) is 231 Å². The number of hydrogen-bond donors (Lipinski definition) is 0. The van der Waals surface area contributed by atoms with Crippen molar-refractivity contribution in [2.45, 2.75) is 29.8 Å². The zero-order chi connectivity index (χ0) is 39.9. The minimum Gasteiger partial charge on any atom is -0.0897 e. The van der Waals surface area contributed by atoms with E-state index >= 15 is 0 Å². The van der Waals surface area contributed by atoms with E-state index in [1.54, 1.807) is 0 Å². The van der Waals surface area contributed by atoms with Crippen LogP contribution in [0, 0.1) is 6.92 Å². The van der Waals surface area contributed by atoms with E-state index in [9.17, 15) is 0 Å². The van der Waals surface area contributed by atoms with Crippen LogP contribution in [0.25, 0.3) is 77.9 Å². The van der Waals surface area contributed by atoms with Gasteiger partial charge in [0, 0.05) is 9.79 Å². The van der Waals surface area contributed by atoms with Crippen LogP contribution in [0.1, 0.15) is 5.56 Å². The van der Waals surface area contributed by atoms with Gasteiger partial charge < -0.3 is 0 Å². The number of hydrogen-bond acceptors (Lipinski definition) is 1. The molecule has 1 aliphatic heterocycles. The molecule has 0 nitrogen and oxygen atoms in total. The van der Waals surface area contributed by atoms with Crippen molar-refractivity contribution in [2.24, 2.45) is 0 Å². The summed E-state index contributed by atoms with van der Waals surface area (Å²) in [6, 6.07) is 78.5. The summed E-state index contributed by atoms with van der Waals surface area (Å²) in [4.78, 5) is 2.83. The summed E-state index contributed by atoms with van der Waals surface area (Å²) in [5.41, 5.74) is 18.5. The Morgan fingerprint density at radius 1 is 0.288 bits per heavy atom. The van der Waals surface area contributed by atoms with Crippen molar-refractivity contribution in [1.82, 2.24) is 0 Å². The van der Waals surface area contributed by atoms with Gasteiger partial charge in [0.25, 0.3) is 0 Å². The van der Waals surface area contributed by atoms with Gasteiger partial charge in [-0.25, -0.2) is 0 Å². The largest absolute Gasteiger partial charge is 0.115 e. The van der Waals surface area contributed by atoms with Crippen LogP contribution in [0.2, 0.25) is 13.1 Å². The van der Waals surface area contributed by atoms with E-state index in [0.717, 1.165) is 0 Å². The van der Waals surface area contributed by atoms with Crippen LogP contribution in [-0.4, -0.2) is 8.07 Å². The first-order chi connectivity index (χ1) is 29.0. The van der Waals surface area contributed by atoms with Crippen LogP contribution in [-0.2, 0) is 0 Å². The molecule has 0 bridgehead atoms. The molecule has 0 saturated carbocycles. The summed E-state index contributed by atoms with van der Waals surface area (Å²) in [6.45, 7) is 7.30. The highest BCUT2D eigenvalue weighted by molar-refractivity contribution is 8.00. The van der Waals surface area contributed by atoms with Crippen molar-refractivity contribution < 1.29 is 0 Å². The van der Waals surface area contributed by atoms with Gasteiger partial charge in [0.05, 0.1) is 0 Å². The fourth-order valence-corrected chi connectivity index (χ4v) is 14.9. The number of fused-ring (bicyclic) bond motifs is 2. The van der Waals surface area contributed by atoms with Gasteiger partial charge in [0.15, 0.2) is 0 Å². The Bertz CT molecular complexity index is 2830. The molecule has 9 aromatic rings. The van der Waals surface area contributed by atoms with Crippen LogP contribution < -0.4 is 10.4 Å². The topological polar surface area (TPSA) is 0 Å². The Labute approximate surface area is 353 Å². The summed E-state index contributed by atoms with van der Waals surface area (Å²) in [5.74, 6) is 0. The smallest absolute Gasteiger partial charge is 0.0897 e. The van der Waals surface area contributed by atoms with Crippen molar-refractivity contribution in [2.75, 3.05) is 0 Å². The first-order valence-corrected chi connectivity index (χ1v) is 24.3. The maximum Gasteiger partial charge on any atom is 0.115 e. The lowest BCUT2D eigenvalue weighted by Gasteiger charge is -2.34. The van der Waals surface area contributed by atoms with E-state index in [1.165, 1.54) is 104 Å². The second-order valence-corrected chi connectivity index (χ2v) is 21.4. The molecule has 0 aromatic heterocycles. The molecule has 0 unspecified atom stereocenters. The second kappa shape index (κ2) is 15.4. The summed E-state index contributed by atoms with van der Waals surface area (Å²) < 4.78 is 0. The highest BCUT2D eigenvalue weighted by Crippen LogP contribution is 2.56. The van der Waals surface area contributed by atoms with Crippen LogP contribution in [0.3, 0.4) is 0 Å². The highest BCUT2D eigenvalue weighted by atomic mass is 32.2. The third-order valence-corrected chi connectivity index (χ3v) is 17.2. The van der Waals surface area contributed by atoms with Gasteiger partial charge in [0.2, 0.25) is 0 Å². The summed E-state index contributed by atoms with van der Waals surface area (Å²) in [5, 5.41) is 3.06. The van der Waals surface area contributed by atoms with E-state index in [0.29, 0.717) is 0 Å². The van der Waals surface area contributed by atoms with Crippen LogP contribution in [0.5, 0.6) is 0 Å². The van der Waals surface area contributed by atoms with E-state index < -0.39 is 8.07 Å². The van der Waals surface area contributed by atoms with E-state index in [2.05, 4.69) is 232 Å². The van der Waals surface area contributed by atoms with E-state index in [-0.39, 0.29) is 0 Å². The lowest BCUT2D eigenvalue weighted by molar-refractivity contribution is 1.35. The molecular weight excluding hydrogens is 745 g/mol. The molecule has 0 N–H and O–H groups in total. The van der Waals surface area contributed by atoms with E-state index in [4.69, 9.17) is 0 Å². The predicted octanol–water partition coefficient (Wildman–Crippen LogP) is 15.0. The number of rotatable bonds is 7. The fraction of sp³-hybridized carbons (Fsp3) is 0.0526. The first kappa shape index (κ1) is 36.9. The molecule has 0 radical (unpaired) electrons. The third kappa shape index (κ3) is 6.50. The van der Waals surface area contributed by atoms with E-state index in [1.807, 2.05) is 11.8 Å². The quantitative estimate of drug-likeness (QED) is 0.145. The standard InChI is InChI=1S/C57H44SSi/c1-39-33-38-49-57(58-47-31-19-20-32-48(47)59(49,2)3)50(39)45-34-36-46(37-35-45)56-54(43-27-15-7-16-28-43)52(41-23-11-5-12-24-41)51(40-21-9-4-10-22-40)53(42-25-13-6-14-26-42)55(56)44-29-17-8-18-30-44/h4-38H,1-3H3. The molecule has 282 valence electrons. The van der Waals surface area contributed by atoms with Gasteiger partial charge in [-0.15, -0.1) is 0 Å². The Morgan fingerprint density at radius 2 is 0.593 bits per heavy atom. The summed E-state index contributed by atoms with van der Waals surface area (Å²) >= 11 is 1.95. The van der Waals surface area contributed by atoms with Gasteiger partial charge in [-0.2, -0.15) is 0 Å². The predicted molar refractivity (Wildman–Crippen MR) is 257 cm³/mol. The SMILES string of the molecule is Cc1ccc2c(c1-c1ccc(-c3c(-c4ccccc4)c(-c4ccccc4)c(-c4ccccc4)c(-c4ccccc4)c3-c3ccccc3)cc1)Sc1ccccc1[Si]2(C)C. The average molecular weight is 789 g/mol. The zero-order valence-corrected chi connectivity index (χ0v) is 35.4. The summed E-state index contributed by atoms with van der Waals surface area (Å²) in [6.07, 6.45) is 0. The van der Waals surface area contributed by atoms with Crippen LogP contribution in [0.15, 0.2) is 222 Å². The van der Waals surface area contributed by atoms with Crippen molar-refractivity contribution in [3.8, 4) is 77.9 Å². The fourth-order valence-electron chi connectivity index (χ4n) is 9.27. The van der Waals surface area contributed by atoms with Gasteiger partial charge >= 0.3 is 0 Å². The third-order valence-electron chi connectivity index (χ3n) is 12.1. The minimum atomic E-state index is -1.90. The molecule has 0 atom stereocenters. The number of benzene rings is 9. The van der Waals surface area contributed by atoms with Gasteiger partial charge in [-0.3, -0.25) is 0 Å². The second-order valence-electron chi connectivity index (χ2n) is 16.0. The van der Waals surface area contributed by atoms with Crippen molar-refractivity contribution in [3.05, 3.63) is 218 Å². The Kier molecular flexibility index (Phi) is 9.61. The van der Waals surface area contributed by atoms with Gasteiger partial charge in [0.1, 0.15) is 8.07 Å². The Hall–Kier alpha value is -6.45. The molecule has 0 saturated heterocycles. The molecule has 59 heavy (non-hydrogen) atoms. The van der Waals surface area contributed by atoms with Crippen LogP contribution >= 0.6 is 11.8 Å². The molecule has 1 aliphatic rings. The molecule has 1 heterocycles. The Morgan fingerprint density at radius 3 is 0.966 bits per heavy atom. The molecule has 0 amide bonds. The molecule has 0 fully saturated rings. The lowest BCUT2D eigenvalue weighted by Crippen LogP contribution is -2.56. The Balaban J connectivity index is 1.32.